The van der Waals surface area contributed by atoms with Crippen LogP contribution in [0.3, 0.4) is 0 Å². The van der Waals surface area contributed by atoms with Gasteiger partial charge < -0.3 is 19.2 Å². The van der Waals surface area contributed by atoms with Crippen molar-refractivity contribution in [3.63, 3.8) is 0 Å². The summed E-state index contributed by atoms with van der Waals surface area (Å²) in [6.07, 6.45) is 1.62. The van der Waals surface area contributed by atoms with Gasteiger partial charge in [0.1, 0.15) is 5.71 Å². The Labute approximate surface area is 243 Å². The molecule has 0 radical (unpaired) electrons. The average molecular weight is 607 g/mol. The van der Waals surface area contributed by atoms with E-state index in [0.29, 0.717) is 41.4 Å². The Kier molecular flexibility index (Phi) is 8.43. The zero-order chi connectivity index (χ0) is 27.5. The average Bonchev–Trinajstić information content (AvgIpc) is 3.63. The molecule has 2 aromatic heterocycles. The third-order valence-corrected chi connectivity index (χ3v) is 8.61. The lowest BCUT2D eigenvalue weighted by Crippen LogP contribution is -2.40. The lowest BCUT2D eigenvalue weighted by Gasteiger charge is -2.31. The van der Waals surface area contributed by atoms with Crippen molar-refractivity contribution in [1.82, 2.24) is 14.9 Å². The molecule has 9 nitrogen and oxygen atoms in total. The van der Waals surface area contributed by atoms with Gasteiger partial charge in [0.05, 0.1) is 34.5 Å². The number of nitrogens with zero attached hydrogens (tertiary/aromatic N) is 5. The number of carbonyl (C=O) groups is 1. The summed E-state index contributed by atoms with van der Waals surface area (Å²) in [5, 5.41) is 17.5. The van der Waals surface area contributed by atoms with Crippen molar-refractivity contribution in [3.05, 3.63) is 66.7 Å². The summed E-state index contributed by atoms with van der Waals surface area (Å²) in [6.45, 7) is 0.986. The molecule has 1 aromatic carbocycles. The summed E-state index contributed by atoms with van der Waals surface area (Å²) in [6, 6.07) is 8.86. The summed E-state index contributed by atoms with van der Waals surface area (Å²) in [7, 11) is 1.46. The molecule has 4 heterocycles. The number of methoxy groups -OCH3 is 1. The second kappa shape index (κ2) is 12.0. The monoisotopic (exact) mass is 605 g/mol. The van der Waals surface area contributed by atoms with Gasteiger partial charge in [-0.15, -0.1) is 11.3 Å². The normalized spacial score (nSPS) is 17.4. The van der Waals surface area contributed by atoms with Crippen molar-refractivity contribution >= 4 is 57.8 Å². The Morgan fingerprint density at radius 3 is 2.77 bits per heavy atom. The van der Waals surface area contributed by atoms with Gasteiger partial charge in [0, 0.05) is 47.5 Å². The Morgan fingerprint density at radius 2 is 2.03 bits per heavy atom. The highest BCUT2D eigenvalue weighted by Gasteiger charge is 2.31. The van der Waals surface area contributed by atoms with Gasteiger partial charge in [0.25, 0.3) is 11.8 Å². The van der Waals surface area contributed by atoms with Crippen LogP contribution >= 0.6 is 46.1 Å². The number of piperidine rings is 1. The molecule has 2 aliphatic heterocycles. The maximum Gasteiger partial charge on any atom is 0.260 e. The lowest BCUT2D eigenvalue weighted by molar-refractivity contribution is -0.134. The van der Waals surface area contributed by atoms with Crippen LogP contribution in [0, 0.1) is 11.3 Å². The zero-order valence-electron chi connectivity index (χ0n) is 20.7. The number of carbonyl (C=O) groups excluding carboxylic acids is 1. The number of amides is 1. The molecule has 202 valence electrons. The smallest absolute Gasteiger partial charge is 0.260 e. The largest absolute Gasteiger partial charge is 0.491 e. The van der Waals surface area contributed by atoms with E-state index in [0.717, 1.165) is 29.3 Å². The highest BCUT2D eigenvalue weighted by molar-refractivity contribution is 7.10. The molecule has 1 saturated heterocycles. The second-order valence-electron chi connectivity index (χ2n) is 8.93. The molecule has 1 atom stereocenters. The third kappa shape index (κ3) is 5.92. The van der Waals surface area contributed by atoms with Crippen LogP contribution in [0.2, 0.25) is 15.2 Å². The van der Waals surface area contributed by atoms with Gasteiger partial charge >= 0.3 is 0 Å². The minimum atomic E-state index is -0.427. The van der Waals surface area contributed by atoms with E-state index in [4.69, 9.17) is 54.1 Å². The van der Waals surface area contributed by atoms with E-state index in [2.05, 4.69) is 16.2 Å². The van der Waals surface area contributed by atoms with Crippen LogP contribution < -0.4 is 9.47 Å². The topological polar surface area (TPSA) is 110 Å². The predicted octanol–water partition coefficient (Wildman–Crippen LogP) is 6.03. The third-order valence-electron chi connectivity index (χ3n) is 6.60. The molecular formula is C26H22Cl3N5O4S. The number of likely N-dealkylation sites (tertiary alicyclic amines) is 1. The van der Waals surface area contributed by atoms with Gasteiger partial charge in [0.15, 0.2) is 23.6 Å². The van der Waals surface area contributed by atoms with Crippen LogP contribution in [0.1, 0.15) is 53.1 Å². The minimum absolute atomic E-state index is 0.0741. The molecule has 1 amide bonds. The van der Waals surface area contributed by atoms with Crippen molar-refractivity contribution < 1.29 is 19.1 Å². The molecule has 1 fully saturated rings. The maximum atomic E-state index is 12.8. The van der Waals surface area contributed by atoms with E-state index < -0.39 is 6.10 Å². The van der Waals surface area contributed by atoms with Gasteiger partial charge in [-0.05, 0) is 25.0 Å². The molecular weight excluding hydrogens is 585 g/mol. The highest BCUT2D eigenvalue weighted by atomic mass is 35.5. The first kappa shape index (κ1) is 27.5. The van der Waals surface area contributed by atoms with Crippen molar-refractivity contribution in [3.8, 4) is 17.7 Å². The van der Waals surface area contributed by atoms with Gasteiger partial charge in [-0.1, -0.05) is 46.0 Å². The van der Waals surface area contributed by atoms with E-state index in [1.54, 1.807) is 34.4 Å². The number of aromatic nitrogens is 2. The number of benzene rings is 1. The van der Waals surface area contributed by atoms with Crippen LogP contribution in [-0.4, -0.2) is 53.3 Å². The molecule has 0 spiro atoms. The first-order chi connectivity index (χ1) is 18.9. The standard InChI is InChI=1S/C26H22Cl3N5O4S/c1-36-21-9-17(28)24(29)32-25(21)37-12-22(35)34-7-5-14(6-8-34)26-31-19(13-39-26)18-10-20(38-33-18)23-15(11-30)3-2-4-16(23)27/h2-4,9,13-14,20H,5-8,10,12H2,1H3. The summed E-state index contributed by atoms with van der Waals surface area (Å²) >= 11 is 19.9. The van der Waals surface area contributed by atoms with Crippen LogP contribution in [0.4, 0.5) is 0 Å². The van der Waals surface area contributed by atoms with Gasteiger partial charge in [-0.3, -0.25) is 4.79 Å². The fourth-order valence-electron chi connectivity index (χ4n) is 4.53. The van der Waals surface area contributed by atoms with Gasteiger partial charge in [-0.25, -0.2) is 4.98 Å². The van der Waals surface area contributed by atoms with E-state index in [1.165, 1.54) is 13.2 Å². The molecule has 0 N–H and O–H groups in total. The predicted molar refractivity (Wildman–Crippen MR) is 148 cm³/mol. The number of nitriles is 1. The number of thiazole rings is 1. The summed E-state index contributed by atoms with van der Waals surface area (Å²) in [5.41, 5.74) is 2.60. The molecule has 0 aliphatic carbocycles. The number of rotatable bonds is 7. The molecule has 2 aliphatic rings. The number of halogens is 3. The number of oxime groups is 1. The number of ether oxygens (including phenoxy) is 2. The van der Waals surface area contributed by atoms with Gasteiger partial charge in [-0.2, -0.15) is 10.2 Å². The van der Waals surface area contributed by atoms with Crippen LogP contribution in [-0.2, 0) is 9.63 Å². The lowest BCUT2D eigenvalue weighted by atomic mass is 9.97. The molecule has 0 saturated carbocycles. The molecule has 13 heteroatoms. The fraction of sp³-hybridized carbons (Fsp3) is 0.346. The van der Waals surface area contributed by atoms with Crippen LogP contribution in [0.25, 0.3) is 0 Å². The van der Waals surface area contributed by atoms with Crippen molar-refractivity contribution in [1.29, 1.82) is 5.26 Å². The van der Waals surface area contributed by atoms with E-state index in [9.17, 15) is 10.1 Å². The fourth-order valence-corrected chi connectivity index (χ4v) is 6.10. The number of pyridine rings is 1. The van der Waals surface area contributed by atoms with E-state index >= 15 is 0 Å². The van der Waals surface area contributed by atoms with Crippen molar-refractivity contribution in [2.75, 3.05) is 26.8 Å². The zero-order valence-corrected chi connectivity index (χ0v) is 23.8. The molecule has 3 aromatic rings. The number of hydrogen-bond donors (Lipinski definition) is 0. The Bertz CT molecular complexity index is 1470. The summed E-state index contributed by atoms with van der Waals surface area (Å²) in [4.78, 5) is 29.0. The van der Waals surface area contributed by atoms with Gasteiger partial charge in [0.2, 0.25) is 0 Å². The van der Waals surface area contributed by atoms with Crippen LogP contribution in [0.5, 0.6) is 11.6 Å². The van der Waals surface area contributed by atoms with E-state index in [1.807, 2.05) is 5.38 Å². The van der Waals surface area contributed by atoms with E-state index in [-0.39, 0.29) is 34.5 Å². The number of hydrogen-bond acceptors (Lipinski definition) is 9. The van der Waals surface area contributed by atoms with Crippen molar-refractivity contribution in [2.45, 2.75) is 31.3 Å². The van der Waals surface area contributed by atoms with Crippen LogP contribution in [0.15, 0.2) is 34.8 Å². The highest BCUT2D eigenvalue weighted by Crippen LogP contribution is 2.37. The Balaban J connectivity index is 1.15. The maximum absolute atomic E-state index is 12.8. The SMILES string of the molecule is COc1cc(Cl)c(Cl)nc1OCC(=O)N1CCC(c2nc(C3=NOC(c4c(Cl)cccc4C#N)C3)cs2)CC1. The molecule has 39 heavy (non-hydrogen) atoms. The first-order valence-electron chi connectivity index (χ1n) is 12.1. The Morgan fingerprint density at radius 1 is 1.23 bits per heavy atom. The summed E-state index contributed by atoms with van der Waals surface area (Å²) in [5.74, 6) is 0.502. The van der Waals surface area contributed by atoms with Crippen molar-refractivity contribution in [2.24, 2.45) is 5.16 Å². The molecule has 0 bridgehead atoms. The first-order valence-corrected chi connectivity index (χ1v) is 14.1. The second-order valence-corrected chi connectivity index (χ2v) is 11.0. The quantitative estimate of drug-likeness (QED) is 0.302. The molecule has 1 unspecified atom stereocenters. The Hall–Kier alpha value is -3.10. The minimum Gasteiger partial charge on any atom is -0.491 e. The molecule has 5 rings (SSSR count). The summed E-state index contributed by atoms with van der Waals surface area (Å²) < 4.78 is 10.8.